The van der Waals surface area contributed by atoms with Gasteiger partial charge < -0.3 is 38.4 Å². The van der Waals surface area contributed by atoms with Crippen molar-refractivity contribution in [3.05, 3.63) is 47.7 Å². The molecule has 1 amide bonds. The number of aliphatic hydroxyl groups is 1. The van der Waals surface area contributed by atoms with Crippen molar-refractivity contribution in [2.24, 2.45) is 0 Å². The SMILES string of the molecule is O=C(C1=CC(c2ccccc2)CC(OCCCCO)O1)N1CCOCCOCCOCCOCC1. The summed E-state index contributed by atoms with van der Waals surface area (Å²) >= 11 is 0. The zero-order valence-electron chi connectivity index (χ0n) is 20.5. The van der Waals surface area contributed by atoms with Crippen molar-refractivity contribution in [2.45, 2.75) is 31.5 Å². The van der Waals surface area contributed by atoms with Crippen molar-refractivity contribution < 1.29 is 38.3 Å². The van der Waals surface area contributed by atoms with Crippen LogP contribution in [-0.2, 0) is 33.2 Å². The number of benzene rings is 1. The summed E-state index contributed by atoms with van der Waals surface area (Å²) in [7, 11) is 0. The number of ether oxygens (including phenoxy) is 6. The molecule has 0 aromatic heterocycles. The quantitative estimate of drug-likeness (QED) is 0.577. The van der Waals surface area contributed by atoms with Crippen LogP contribution in [0.3, 0.4) is 0 Å². The van der Waals surface area contributed by atoms with Crippen LogP contribution in [0.15, 0.2) is 42.2 Å². The Morgan fingerprint density at radius 2 is 1.49 bits per heavy atom. The highest BCUT2D eigenvalue weighted by Gasteiger charge is 2.31. The third-order valence-electron chi connectivity index (χ3n) is 5.77. The highest BCUT2D eigenvalue weighted by atomic mass is 16.7. The molecule has 1 N–H and O–H groups in total. The van der Waals surface area contributed by atoms with Crippen LogP contribution in [0.5, 0.6) is 0 Å². The Bertz CT molecular complexity index is 728. The number of carbonyl (C=O) groups is 1. The van der Waals surface area contributed by atoms with E-state index in [4.69, 9.17) is 33.5 Å². The van der Waals surface area contributed by atoms with E-state index in [0.717, 1.165) is 12.0 Å². The smallest absolute Gasteiger partial charge is 0.288 e. The molecule has 1 fully saturated rings. The number of unbranched alkanes of at least 4 members (excludes halogenated alkanes) is 1. The van der Waals surface area contributed by atoms with Gasteiger partial charge in [0.15, 0.2) is 5.76 Å². The molecule has 0 spiro atoms. The van der Waals surface area contributed by atoms with Crippen molar-refractivity contribution in [3.63, 3.8) is 0 Å². The summed E-state index contributed by atoms with van der Waals surface area (Å²) in [6.45, 7) is 5.11. The van der Waals surface area contributed by atoms with Gasteiger partial charge in [-0.1, -0.05) is 30.3 Å². The topological polar surface area (TPSA) is 95.9 Å². The Hall–Kier alpha value is -2.01. The fourth-order valence-corrected chi connectivity index (χ4v) is 3.85. The van der Waals surface area contributed by atoms with Crippen LogP contribution in [0.1, 0.15) is 30.7 Å². The molecule has 1 saturated heterocycles. The predicted octanol–water partition coefficient (Wildman–Crippen LogP) is 2.10. The fourth-order valence-electron chi connectivity index (χ4n) is 3.85. The molecule has 0 radical (unpaired) electrons. The summed E-state index contributed by atoms with van der Waals surface area (Å²) in [5, 5.41) is 9.03. The molecule has 0 aliphatic carbocycles. The van der Waals surface area contributed by atoms with Crippen molar-refractivity contribution in [3.8, 4) is 0 Å². The first-order valence-corrected chi connectivity index (χ1v) is 12.5. The molecule has 9 nitrogen and oxygen atoms in total. The average molecular weight is 494 g/mol. The number of nitrogens with zero attached hydrogens (tertiary/aromatic N) is 1. The van der Waals surface area contributed by atoms with Crippen LogP contribution >= 0.6 is 0 Å². The van der Waals surface area contributed by atoms with Gasteiger partial charge in [-0.05, 0) is 24.5 Å². The van der Waals surface area contributed by atoms with E-state index < -0.39 is 6.29 Å². The Labute approximate surface area is 207 Å². The van der Waals surface area contributed by atoms with Crippen LogP contribution in [0.2, 0.25) is 0 Å². The van der Waals surface area contributed by atoms with Gasteiger partial charge in [0.05, 0.1) is 59.5 Å². The van der Waals surface area contributed by atoms with Gasteiger partial charge in [-0.25, -0.2) is 0 Å². The molecule has 3 rings (SSSR count). The Balaban J connectivity index is 1.67. The number of amides is 1. The number of aliphatic hydroxyl groups excluding tert-OH is 1. The van der Waals surface area contributed by atoms with Crippen LogP contribution in [0, 0.1) is 0 Å². The van der Waals surface area contributed by atoms with Crippen molar-refractivity contribution in [1.82, 2.24) is 4.90 Å². The maximum atomic E-state index is 13.5. The van der Waals surface area contributed by atoms with Crippen LogP contribution in [0.4, 0.5) is 0 Å². The fraction of sp³-hybridized carbons (Fsp3) is 0.654. The van der Waals surface area contributed by atoms with Gasteiger partial charge >= 0.3 is 0 Å². The number of hydrogen-bond donors (Lipinski definition) is 1. The van der Waals surface area contributed by atoms with Crippen LogP contribution < -0.4 is 0 Å². The van der Waals surface area contributed by atoms with Crippen molar-refractivity contribution >= 4 is 5.91 Å². The summed E-state index contributed by atoms with van der Waals surface area (Å²) in [5.41, 5.74) is 1.11. The standard InChI is InChI=1S/C26H39NO8/c28-10-4-5-11-34-25-21-23(22-6-2-1-3-7-22)20-24(35-25)26(29)27-8-12-30-14-16-32-18-19-33-17-15-31-13-9-27/h1-3,6-7,20,23,25,28H,4-5,8-19,21H2. The lowest BCUT2D eigenvalue weighted by Gasteiger charge is -2.32. The number of allylic oxidation sites excluding steroid dienone is 1. The second-order valence-corrected chi connectivity index (χ2v) is 8.37. The molecule has 2 atom stereocenters. The van der Waals surface area contributed by atoms with E-state index in [2.05, 4.69) is 0 Å². The third-order valence-corrected chi connectivity index (χ3v) is 5.77. The Kier molecular flexibility index (Phi) is 13.1. The third kappa shape index (κ3) is 10.2. The Morgan fingerprint density at radius 3 is 2.09 bits per heavy atom. The molecular weight excluding hydrogens is 454 g/mol. The lowest BCUT2D eigenvalue weighted by atomic mass is 9.93. The average Bonchev–Trinajstić information content (AvgIpc) is 2.91. The normalized spacial score (nSPS) is 23.5. The van der Waals surface area contributed by atoms with Crippen LogP contribution in [0.25, 0.3) is 0 Å². The lowest BCUT2D eigenvalue weighted by molar-refractivity contribution is -0.153. The van der Waals surface area contributed by atoms with E-state index in [-0.39, 0.29) is 24.2 Å². The molecule has 2 aliphatic rings. The first kappa shape index (κ1) is 27.6. The molecule has 2 aliphatic heterocycles. The molecule has 2 heterocycles. The zero-order chi connectivity index (χ0) is 24.6. The summed E-state index contributed by atoms with van der Waals surface area (Å²) in [6.07, 6.45) is 3.37. The Morgan fingerprint density at radius 1 is 0.886 bits per heavy atom. The monoisotopic (exact) mass is 493 g/mol. The second-order valence-electron chi connectivity index (χ2n) is 8.37. The first-order valence-electron chi connectivity index (χ1n) is 12.5. The van der Waals surface area contributed by atoms with Crippen LogP contribution in [-0.4, -0.2) is 101 Å². The van der Waals surface area contributed by atoms with Gasteiger partial charge in [-0.3, -0.25) is 4.79 Å². The molecular formula is C26H39NO8. The zero-order valence-corrected chi connectivity index (χ0v) is 20.5. The largest absolute Gasteiger partial charge is 0.459 e. The maximum absolute atomic E-state index is 13.5. The number of carbonyl (C=O) groups excluding carboxylic acids is 1. The summed E-state index contributed by atoms with van der Waals surface area (Å²) in [6, 6.07) is 10.0. The minimum atomic E-state index is -0.534. The van der Waals surface area contributed by atoms with Gasteiger partial charge in [0.25, 0.3) is 5.91 Å². The highest BCUT2D eigenvalue weighted by Crippen LogP contribution is 2.32. The van der Waals surface area contributed by atoms with E-state index in [1.807, 2.05) is 36.4 Å². The van der Waals surface area contributed by atoms with Crippen molar-refractivity contribution in [2.75, 3.05) is 79.2 Å². The molecule has 1 aromatic carbocycles. The first-order chi connectivity index (χ1) is 17.3. The molecule has 2 unspecified atom stereocenters. The molecule has 35 heavy (non-hydrogen) atoms. The van der Waals surface area contributed by atoms with Gasteiger partial charge in [0.1, 0.15) is 0 Å². The minimum absolute atomic E-state index is 0.00278. The molecule has 0 bridgehead atoms. The van der Waals surface area contributed by atoms with Gasteiger partial charge in [-0.2, -0.15) is 0 Å². The van der Waals surface area contributed by atoms with E-state index in [1.165, 1.54) is 0 Å². The van der Waals surface area contributed by atoms with Gasteiger partial charge in [0.2, 0.25) is 6.29 Å². The second kappa shape index (κ2) is 16.6. The van der Waals surface area contributed by atoms with E-state index >= 15 is 0 Å². The lowest BCUT2D eigenvalue weighted by Crippen LogP contribution is -2.40. The highest BCUT2D eigenvalue weighted by molar-refractivity contribution is 5.91. The predicted molar refractivity (Wildman–Crippen MR) is 129 cm³/mol. The summed E-state index contributed by atoms with van der Waals surface area (Å²) < 4.78 is 34.2. The molecule has 196 valence electrons. The summed E-state index contributed by atoms with van der Waals surface area (Å²) in [4.78, 5) is 15.2. The van der Waals surface area contributed by atoms with Gasteiger partial charge in [-0.15, -0.1) is 0 Å². The maximum Gasteiger partial charge on any atom is 0.288 e. The van der Waals surface area contributed by atoms with Crippen molar-refractivity contribution in [1.29, 1.82) is 0 Å². The molecule has 0 saturated carbocycles. The molecule has 1 aromatic rings. The minimum Gasteiger partial charge on any atom is -0.459 e. The van der Waals surface area contributed by atoms with Gasteiger partial charge in [0, 0.05) is 32.0 Å². The van der Waals surface area contributed by atoms with E-state index in [0.29, 0.717) is 85.4 Å². The van der Waals surface area contributed by atoms with E-state index in [9.17, 15) is 4.79 Å². The summed E-state index contributed by atoms with van der Waals surface area (Å²) in [5.74, 6) is 0.0671. The molecule has 9 heteroatoms. The van der Waals surface area contributed by atoms with E-state index in [1.54, 1.807) is 4.90 Å². The number of hydrogen-bond acceptors (Lipinski definition) is 8. The number of rotatable bonds is 7.